The molecule has 1 aromatic carbocycles. The molecule has 0 spiro atoms. The maximum absolute atomic E-state index is 12.0. The Morgan fingerprint density at radius 3 is 2.78 bits per heavy atom. The molecule has 2 aliphatic rings. The van der Waals surface area contributed by atoms with Crippen LogP contribution in [0.4, 0.5) is 4.79 Å². The van der Waals surface area contributed by atoms with Crippen LogP contribution in [0.5, 0.6) is 11.5 Å². The second kappa shape index (κ2) is 9.45. The topological polar surface area (TPSA) is 89.1 Å². The van der Waals surface area contributed by atoms with Crippen LogP contribution in [0.2, 0.25) is 0 Å². The number of fused-ring (bicyclic) bond motifs is 1. The van der Waals surface area contributed by atoms with Gasteiger partial charge >= 0.3 is 6.09 Å². The molecule has 2 amide bonds. The fourth-order valence-corrected chi connectivity index (χ4v) is 3.21. The first-order valence-corrected chi connectivity index (χ1v) is 9.46. The van der Waals surface area contributed by atoms with Crippen molar-refractivity contribution in [2.45, 2.75) is 38.8 Å². The monoisotopic (exact) mass is 377 g/mol. The lowest BCUT2D eigenvalue weighted by Crippen LogP contribution is -2.45. The van der Waals surface area contributed by atoms with Crippen molar-refractivity contribution in [1.82, 2.24) is 15.5 Å². The summed E-state index contributed by atoms with van der Waals surface area (Å²) in [5.74, 6) is 1.46. The van der Waals surface area contributed by atoms with Gasteiger partial charge in [0, 0.05) is 38.6 Å². The van der Waals surface area contributed by atoms with E-state index in [9.17, 15) is 9.59 Å². The summed E-state index contributed by atoms with van der Waals surface area (Å²) < 4.78 is 15.6. The van der Waals surface area contributed by atoms with Crippen molar-refractivity contribution in [1.29, 1.82) is 0 Å². The minimum atomic E-state index is -0.237. The number of ether oxygens (including phenoxy) is 3. The van der Waals surface area contributed by atoms with Crippen LogP contribution in [0.1, 0.15) is 31.7 Å². The third kappa shape index (κ3) is 5.50. The highest BCUT2D eigenvalue weighted by Gasteiger charge is 2.23. The predicted octanol–water partition coefficient (Wildman–Crippen LogP) is 1.63. The third-order valence-electron chi connectivity index (χ3n) is 4.73. The summed E-state index contributed by atoms with van der Waals surface area (Å²) in [6, 6.07) is 5.99. The van der Waals surface area contributed by atoms with E-state index in [0.29, 0.717) is 45.2 Å². The van der Waals surface area contributed by atoms with E-state index in [1.807, 2.05) is 25.1 Å². The lowest BCUT2D eigenvalue weighted by molar-refractivity contribution is -0.121. The van der Waals surface area contributed by atoms with Crippen molar-refractivity contribution in [3.8, 4) is 11.5 Å². The SMILES string of the molecule is CCOC(=O)N1CCC(NCCC(=O)NCc2ccc3c(c2)OCO3)CC1. The molecule has 0 aromatic heterocycles. The minimum Gasteiger partial charge on any atom is -0.454 e. The summed E-state index contributed by atoms with van der Waals surface area (Å²) in [5, 5.41) is 6.32. The Hall–Kier alpha value is -2.48. The molecular weight excluding hydrogens is 350 g/mol. The van der Waals surface area contributed by atoms with Crippen molar-refractivity contribution in [3.63, 3.8) is 0 Å². The fraction of sp³-hybridized carbons (Fsp3) is 0.579. The van der Waals surface area contributed by atoms with Gasteiger partial charge in [0.2, 0.25) is 12.7 Å². The second-order valence-corrected chi connectivity index (χ2v) is 6.63. The molecule has 0 aliphatic carbocycles. The van der Waals surface area contributed by atoms with Gasteiger partial charge in [0.25, 0.3) is 0 Å². The number of hydrogen-bond donors (Lipinski definition) is 2. The molecule has 1 aromatic rings. The number of rotatable bonds is 7. The van der Waals surface area contributed by atoms with E-state index in [2.05, 4.69) is 10.6 Å². The maximum atomic E-state index is 12.0. The maximum Gasteiger partial charge on any atom is 0.409 e. The molecule has 0 saturated carbocycles. The molecule has 0 bridgehead atoms. The molecule has 0 atom stereocenters. The van der Waals surface area contributed by atoms with Crippen LogP contribution in [0.15, 0.2) is 18.2 Å². The van der Waals surface area contributed by atoms with Gasteiger partial charge in [-0.3, -0.25) is 4.79 Å². The van der Waals surface area contributed by atoms with E-state index in [1.165, 1.54) is 0 Å². The van der Waals surface area contributed by atoms with Crippen LogP contribution >= 0.6 is 0 Å². The number of nitrogens with zero attached hydrogens (tertiary/aromatic N) is 1. The van der Waals surface area contributed by atoms with E-state index < -0.39 is 0 Å². The van der Waals surface area contributed by atoms with Crippen molar-refractivity contribution >= 4 is 12.0 Å². The highest BCUT2D eigenvalue weighted by molar-refractivity contribution is 5.76. The molecular formula is C19H27N3O5. The zero-order valence-electron chi connectivity index (χ0n) is 15.7. The van der Waals surface area contributed by atoms with Gasteiger partial charge < -0.3 is 29.7 Å². The first-order chi connectivity index (χ1) is 13.2. The normalized spacial score (nSPS) is 16.3. The lowest BCUT2D eigenvalue weighted by Gasteiger charge is -2.31. The van der Waals surface area contributed by atoms with Gasteiger partial charge in [-0.2, -0.15) is 0 Å². The predicted molar refractivity (Wildman–Crippen MR) is 98.6 cm³/mol. The smallest absolute Gasteiger partial charge is 0.409 e. The number of carbonyl (C=O) groups is 2. The Balaban J connectivity index is 1.29. The standard InChI is InChI=1S/C19H27N3O5/c1-2-25-19(24)22-9-6-15(7-10-22)20-8-5-18(23)21-12-14-3-4-16-17(11-14)27-13-26-16/h3-4,11,15,20H,2,5-10,12-13H2,1H3,(H,21,23). The summed E-state index contributed by atoms with van der Waals surface area (Å²) in [7, 11) is 0. The van der Waals surface area contributed by atoms with Crippen molar-refractivity contribution in [2.75, 3.05) is 33.0 Å². The van der Waals surface area contributed by atoms with Crippen molar-refractivity contribution in [3.05, 3.63) is 23.8 Å². The summed E-state index contributed by atoms with van der Waals surface area (Å²) in [5.41, 5.74) is 0.979. The second-order valence-electron chi connectivity index (χ2n) is 6.63. The van der Waals surface area contributed by atoms with Gasteiger partial charge in [0.15, 0.2) is 11.5 Å². The van der Waals surface area contributed by atoms with E-state index in [1.54, 1.807) is 4.90 Å². The van der Waals surface area contributed by atoms with Gasteiger partial charge in [-0.15, -0.1) is 0 Å². The molecule has 2 aliphatic heterocycles. The molecule has 8 heteroatoms. The van der Waals surface area contributed by atoms with Crippen LogP contribution in [-0.4, -0.2) is 56.0 Å². The summed E-state index contributed by atoms with van der Waals surface area (Å²) >= 11 is 0. The average Bonchev–Trinajstić information content (AvgIpc) is 3.15. The van der Waals surface area contributed by atoms with Crippen LogP contribution in [0.25, 0.3) is 0 Å². The van der Waals surface area contributed by atoms with Gasteiger partial charge in [-0.05, 0) is 37.5 Å². The zero-order chi connectivity index (χ0) is 19.1. The van der Waals surface area contributed by atoms with Crippen molar-refractivity contribution < 1.29 is 23.8 Å². The van der Waals surface area contributed by atoms with Crippen molar-refractivity contribution in [2.24, 2.45) is 0 Å². The van der Waals surface area contributed by atoms with Gasteiger partial charge in [-0.1, -0.05) is 6.07 Å². The molecule has 2 heterocycles. The number of amides is 2. The Morgan fingerprint density at radius 1 is 1.22 bits per heavy atom. The van der Waals surface area contributed by atoms with Gasteiger partial charge in [0.1, 0.15) is 0 Å². The number of benzene rings is 1. The molecule has 3 rings (SSSR count). The Labute approximate surface area is 159 Å². The molecule has 1 fully saturated rings. The van der Waals surface area contributed by atoms with E-state index in [4.69, 9.17) is 14.2 Å². The minimum absolute atomic E-state index is 0.00382. The zero-order valence-corrected chi connectivity index (χ0v) is 15.7. The van der Waals surface area contributed by atoms with Gasteiger partial charge in [0.05, 0.1) is 6.61 Å². The Bertz CT molecular complexity index is 659. The number of likely N-dealkylation sites (tertiary alicyclic amines) is 1. The first kappa shape index (κ1) is 19.3. The van der Waals surface area contributed by atoms with E-state index >= 15 is 0 Å². The average molecular weight is 377 g/mol. The molecule has 27 heavy (non-hydrogen) atoms. The number of nitrogens with one attached hydrogen (secondary N) is 2. The molecule has 8 nitrogen and oxygen atoms in total. The largest absolute Gasteiger partial charge is 0.454 e. The summed E-state index contributed by atoms with van der Waals surface area (Å²) in [6.07, 6.45) is 1.93. The summed E-state index contributed by atoms with van der Waals surface area (Å²) in [6.45, 7) is 4.92. The highest BCUT2D eigenvalue weighted by Crippen LogP contribution is 2.32. The molecule has 2 N–H and O–H groups in total. The Morgan fingerprint density at radius 2 is 2.00 bits per heavy atom. The highest BCUT2D eigenvalue weighted by atomic mass is 16.7. The van der Waals surface area contributed by atoms with Gasteiger partial charge in [-0.25, -0.2) is 4.79 Å². The first-order valence-electron chi connectivity index (χ1n) is 9.46. The lowest BCUT2D eigenvalue weighted by atomic mass is 10.1. The number of hydrogen-bond acceptors (Lipinski definition) is 6. The quantitative estimate of drug-likeness (QED) is 0.751. The molecule has 0 unspecified atom stereocenters. The van der Waals surface area contributed by atoms with Crippen LogP contribution < -0.4 is 20.1 Å². The number of piperidine rings is 1. The fourth-order valence-electron chi connectivity index (χ4n) is 3.21. The third-order valence-corrected chi connectivity index (χ3v) is 4.73. The summed E-state index contributed by atoms with van der Waals surface area (Å²) in [4.78, 5) is 25.4. The molecule has 148 valence electrons. The van der Waals surface area contributed by atoms with Crippen LogP contribution in [0, 0.1) is 0 Å². The Kier molecular flexibility index (Phi) is 6.75. The van der Waals surface area contributed by atoms with Crippen LogP contribution in [0.3, 0.4) is 0 Å². The van der Waals surface area contributed by atoms with Crippen LogP contribution in [-0.2, 0) is 16.1 Å². The molecule has 1 saturated heterocycles. The van der Waals surface area contributed by atoms with E-state index in [-0.39, 0.29) is 18.8 Å². The van der Waals surface area contributed by atoms with E-state index in [0.717, 1.165) is 29.9 Å². The number of carbonyl (C=O) groups excluding carboxylic acids is 2. The molecule has 0 radical (unpaired) electrons.